The first kappa shape index (κ1) is 116. The van der Waals surface area contributed by atoms with E-state index < -0.39 is 5.41 Å². The maximum absolute atomic E-state index is 11.5. The molecule has 2 N–H and O–H groups in total. The molecule has 0 spiro atoms. The maximum Gasteiger partial charge on any atom is 0.164 e. The molecule has 12 heteroatoms. The van der Waals surface area contributed by atoms with Crippen molar-refractivity contribution in [2.75, 3.05) is 0 Å². The van der Waals surface area contributed by atoms with Crippen LogP contribution in [0.1, 0.15) is 212 Å². The van der Waals surface area contributed by atoms with Crippen molar-refractivity contribution in [2.24, 2.45) is 10.8 Å². The minimum atomic E-state index is -0.417. The fourth-order valence-corrected chi connectivity index (χ4v) is 15.5. The zero-order valence-corrected chi connectivity index (χ0v) is 94.8. The topological polar surface area (TPSA) is 126 Å². The number of fused-ring (bicyclic) bond motifs is 2. The molecule has 0 aliphatic heterocycles. The predicted molar refractivity (Wildman–Crippen MR) is 575 cm³/mol. The van der Waals surface area contributed by atoms with Gasteiger partial charge in [0.15, 0.2) is 11.6 Å². The van der Waals surface area contributed by atoms with Crippen LogP contribution in [0.4, 0.5) is 0 Å². The van der Waals surface area contributed by atoms with Crippen LogP contribution in [-0.4, -0.2) is 41.7 Å². The van der Waals surface area contributed by atoms with Gasteiger partial charge in [-0.1, -0.05) is 346 Å². The van der Waals surface area contributed by atoms with E-state index in [1.54, 1.807) is 0 Å². The Balaban J connectivity index is 0.000000247. The molecule has 0 atom stereocenters. The summed E-state index contributed by atoms with van der Waals surface area (Å²) in [5.41, 5.74) is 28.9. The van der Waals surface area contributed by atoms with Crippen molar-refractivity contribution in [3.05, 3.63) is 410 Å². The largest absolute Gasteiger partial charge is 0.512 e. The van der Waals surface area contributed by atoms with Gasteiger partial charge < -0.3 is 30.1 Å². The molecule has 0 saturated heterocycles. The van der Waals surface area contributed by atoms with Gasteiger partial charge in [-0.2, -0.15) is 0 Å². The number of carbonyl (C=O) groups is 2. The van der Waals surface area contributed by atoms with Gasteiger partial charge in [0.1, 0.15) is 5.76 Å². The third-order valence-electron chi connectivity index (χ3n) is 23.8. The van der Waals surface area contributed by atoms with Gasteiger partial charge in [-0.05, 0) is 218 Å². The van der Waals surface area contributed by atoms with Crippen LogP contribution in [0.3, 0.4) is 0 Å². The summed E-state index contributed by atoms with van der Waals surface area (Å²) in [6.07, 6.45) is 19.2. The number of aliphatic hydroxyl groups is 2. The van der Waals surface area contributed by atoms with Gasteiger partial charge in [0, 0.05) is 128 Å². The molecular formula is C128H136Ir4N4O4-4. The normalized spacial score (nSPS) is 11.5. The van der Waals surface area contributed by atoms with Crippen molar-refractivity contribution >= 4 is 33.1 Å². The number of unbranched alkanes of at least 4 members (excludes halogenated alkanes) is 5. The smallest absolute Gasteiger partial charge is 0.164 e. The number of aliphatic hydroxyl groups excluding tert-OH is 2. The molecule has 4 heterocycles. The Morgan fingerprint density at radius 1 is 0.307 bits per heavy atom. The van der Waals surface area contributed by atoms with Crippen LogP contribution in [0.5, 0.6) is 0 Å². The Labute approximate surface area is 889 Å². The molecule has 0 aliphatic carbocycles. The Morgan fingerprint density at radius 3 is 1.02 bits per heavy atom. The van der Waals surface area contributed by atoms with Crippen molar-refractivity contribution in [1.29, 1.82) is 0 Å². The van der Waals surface area contributed by atoms with E-state index in [0.717, 1.165) is 61.5 Å². The van der Waals surface area contributed by atoms with Crippen LogP contribution < -0.4 is 0 Å². The third-order valence-corrected chi connectivity index (χ3v) is 23.8. The predicted octanol–water partition coefficient (Wildman–Crippen LogP) is 34.7. The molecule has 4 aromatic heterocycles. The van der Waals surface area contributed by atoms with E-state index in [0.29, 0.717) is 0 Å². The van der Waals surface area contributed by atoms with Crippen molar-refractivity contribution in [2.45, 2.75) is 212 Å². The number of carbonyl (C=O) groups excluding carboxylic acids is 2. The summed E-state index contributed by atoms with van der Waals surface area (Å²) >= 11 is 0. The number of nitrogens with zero attached hydrogens (tertiary/aromatic N) is 4. The Morgan fingerprint density at radius 2 is 0.671 bits per heavy atom. The fraction of sp³-hybridized carbons (Fsp3) is 0.266. The number of aryl methyl sites for hydroxylation is 1. The number of pyridine rings is 4. The minimum absolute atomic E-state index is 0. The van der Waals surface area contributed by atoms with Gasteiger partial charge in [-0.3, -0.25) is 9.59 Å². The molecular weight excluding hydrogens is 2430 g/mol. The van der Waals surface area contributed by atoms with E-state index in [1.165, 1.54) is 171 Å². The molecule has 16 aromatic rings. The molecule has 8 nitrogen and oxygen atoms in total. The van der Waals surface area contributed by atoms with Gasteiger partial charge in [0.05, 0.1) is 5.76 Å². The second-order valence-electron chi connectivity index (χ2n) is 41.3. The Kier molecular flexibility index (Phi) is 44.3. The van der Waals surface area contributed by atoms with Crippen molar-refractivity contribution in [3.63, 3.8) is 0 Å². The number of benzene rings is 12. The number of ketones is 2. The summed E-state index contributed by atoms with van der Waals surface area (Å²) in [6, 6.07) is 123. The van der Waals surface area contributed by atoms with Crippen LogP contribution >= 0.6 is 0 Å². The summed E-state index contributed by atoms with van der Waals surface area (Å²) in [5, 5.41) is 22.6. The molecule has 732 valence electrons. The standard InChI is InChI=1S/C41H38N.C37H36N.C19H24N.C15H10N.C11H20O2.C5H8O2.4Ir/c1-40(2,3)36-18-14-28(15-19-36)33-25-34(29-16-20-37(21-17-29)41(4,5)6)27-35(26-33)31-11-9-12-32(24-31)39-38-13-8-7-10-30(38)22-23-42-39;1-36(2,3)33-17-13-26(14-18-33)30-23-31(27-15-19-34(20-16-27)37(4,5)6)25-32(24-30)28-10-9-11-29(22-28)35-12-7-8-21-38-35;1-2-3-4-5-6-7-10-17-12-14-18(15-13-17)19-11-8-9-16-20-19;1-2-7-13(8-3-1)15-14-9-5-4-6-12(14)10-11-16-15;1-10(2,3)8(12)7-9(13)11(4,5)6;1-4(6)3-5(2)7;;;;/h7-11,13-27H,1-6H3;7-10,12-25H,1-6H3;8-9,11-14,16H,2-7,10H2,1H3;1-7,9-11H;7,12H,1-6H3;3,6H,1-2H3;;;;/q4*-1;;;;;;. The van der Waals surface area contributed by atoms with E-state index in [9.17, 15) is 14.7 Å². The summed E-state index contributed by atoms with van der Waals surface area (Å²) < 4.78 is 0. The second-order valence-corrected chi connectivity index (χ2v) is 41.3. The average molecular weight is 2560 g/mol. The molecule has 0 fully saturated rings. The van der Waals surface area contributed by atoms with E-state index in [2.05, 4.69) is 348 Å². The van der Waals surface area contributed by atoms with Crippen LogP contribution in [0.2, 0.25) is 0 Å². The summed E-state index contributed by atoms with van der Waals surface area (Å²) in [5.74, 6) is 0.0415. The molecule has 12 aromatic carbocycles. The van der Waals surface area contributed by atoms with Gasteiger partial charge in [0.2, 0.25) is 0 Å². The molecule has 0 aliphatic rings. The number of hydrogen-bond acceptors (Lipinski definition) is 8. The van der Waals surface area contributed by atoms with E-state index in [1.807, 2.05) is 157 Å². The summed E-state index contributed by atoms with van der Waals surface area (Å²) in [6.45, 7) is 43.3. The molecule has 4 radical (unpaired) electrons. The molecule has 0 unspecified atom stereocenters. The van der Waals surface area contributed by atoms with E-state index in [-0.39, 0.29) is 131 Å². The van der Waals surface area contributed by atoms with E-state index >= 15 is 0 Å². The van der Waals surface area contributed by atoms with Gasteiger partial charge in [-0.25, -0.2) is 0 Å². The first-order chi connectivity index (χ1) is 64.7. The van der Waals surface area contributed by atoms with Crippen molar-refractivity contribution < 1.29 is 100 Å². The van der Waals surface area contributed by atoms with Gasteiger partial charge >= 0.3 is 0 Å². The Hall–Kier alpha value is -11.2. The van der Waals surface area contributed by atoms with Crippen LogP contribution in [0.15, 0.2) is 358 Å². The fourth-order valence-electron chi connectivity index (χ4n) is 15.5. The zero-order valence-electron chi connectivity index (χ0n) is 85.2. The summed E-state index contributed by atoms with van der Waals surface area (Å²) in [4.78, 5) is 39.6. The van der Waals surface area contributed by atoms with Gasteiger partial charge in [0.25, 0.3) is 0 Å². The quantitative estimate of drug-likeness (QED) is 0.0355. The maximum atomic E-state index is 11.5. The Bertz CT molecular complexity index is 6490. The molecule has 0 amide bonds. The van der Waals surface area contributed by atoms with Crippen LogP contribution in [0, 0.1) is 35.1 Å². The van der Waals surface area contributed by atoms with Gasteiger partial charge in [-0.15, -0.1) is 142 Å². The van der Waals surface area contributed by atoms with E-state index in [4.69, 9.17) is 10.1 Å². The van der Waals surface area contributed by atoms with Crippen molar-refractivity contribution in [1.82, 2.24) is 19.9 Å². The third kappa shape index (κ3) is 34.6. The first-order valence-corrected chi connectivity index (χ1v) is 47.8. The molecule has 140 heavy (non-hydrogen) atoms. The average Bonchev–Trinajstić information content (AvgIpc) is 0.783. The summed E-state index contributed by atoms with van der Waals surface area (Å²) in [7, 11) is 0. The number of hydrogen-bond donors (Lipinski definition) is 2. The monoisotopic (exact) mass is 2560 g/mol. The zero-order chi connectivity index (χ0) is 98.0. The minimum Gasteiger partial charge on any atom is -0.512 e. The molecule has 0 bridgehead atoms. The molecule has 16 rings (SSSR count). The number of allylic oxidation sites excluding steroid dienone is 4. The van der Waals surface area contributed by atoms with Crippen LogP contribution in [-0.2, 0) is 118 Å². The SMILES string of the molecule is CC(=O)C=C(C)O.CC(C)(C)C(=O)C=C(O)C(C)(C)C.CC(C)(C)c1ccc(-c2cc(-c3ccc(C(C)(C)C)cc3)cc(-c3cc[c-]c(-c4ccccn4)c3)c2)cc1.CC(C)(C)c1ccc(-c2cc(-c3ccc(C(C)(C)C)cc3)cc(-c3cc[c-]c(-c4nccc5ccccc45)c3)c2)cc1.CCCCCCCCc1c[c-]c(-c2ccccn2)cc1.[Ir].[Ir].[Ir].[Ir].[c-]1ccccc1-c1nccc2ccccc12. The first-order valence-electron chi connectivity index (χ1n) is 47.8. The van der Waals surface area contributed by atoms with Crippen LogP contribution in [0.25, 0.3) is 133 Å². The number of aromatic nitrogens is 4. The second kappa shape index (κ2) is 53.6. The van der Waals surface area contributed by atoms with Crippen molar-refractivity contribution in [3.8, 4) is 112 Å². The number of rotatable bonds is 19. The molecule has 0 saturated carbocycles.